The van der Waals surface area contributed by atoms with E-state index in [0.29, 0.717) is 0 Å². The van der Waals surface area contributed by atoms with Crippen molar-refractivity contribution in [3.05, 3.63) is 0 Å². The van der Waals surface area contributed by atoms with Crippen molar-refractivity contribution in [1.29, 1.82) is 0 Å². The van der Waals surface area contributed by atoms with E-state index >= 15 is 0 Å². The van der Waals surface area contributed by atoms with E-state index in [0.717, 1.165) is 0 Å². The molecule has 0 atom stereocenters. The Morgan fingerprint density at radius 3 is 1.08 bits per heavy atom. The van der Waals surface area contributed by atoms with Crippen molar-refractivity contribution < 1.29 is 56.2 Å². The van der Waals surface area contributed by atoms with E-state index < -0.39 is 19.4 Å². The molecule has 0 fully saturated rings. The molecule has 0 saturated carbocycles. The second-order valence-corrected chi connectivity index (χ2v) is 2.80. The van der Waals surface area contributed by atoms with Crippen molar-refractivity contribution in [2.75, 3.05) is 0 Å². The van der Waals surface area contributed by atoms with Gasteiger partial charge in [0.25, 0.3) is 0 Å². The average molecular weight is 282 g/mol. The molecule has 64 valence electrons. The monoisotopic (exact) mass is 280 g/mol. The van der Waals surface area contributed by atoms with Crippen LogP contribution in [0.1, 0.15) is 0 Å². The maximum Gasteiger partial charge on any atom is 3.00 e. The molecule has 0 amide bonds. The summed E-state index contributed by atoms with van der Waals surface area (Å²) in [4.78, 5) is 33.1. The van der Waals surface area contributed by atoms with Gasteiger partial charge < -0.3 is 28.3 Å². The third kappa shape index (κ3) is 961. The summed E-state index contributed by atoms with van der Waals surface area (Å²) in [5.41, 5.74) is 0. The van der Waals surface area contributed by atoms with E-state index in [1.54, 1.807) is 0 Å². The van der Waals surface area contributed by atoms with Crippen molar-refractivity contribution in [1.82, 2.24) is 0 Å². The zero-order chi connectivity index (χ0) is 9.00. The van der Waals surface area contributed by atoms with E-state index in [4.69, 9.17) is 36.7 Å². The number of hydrogen-bond acceptors (Lipinski definition) is 8. The smallest absolute Gasteiger partial charge is 0.861 e. The Balaban J connectivity index is -0.0000000457. The van der Waals surface area contributed by atoms with Crippen LogP contribution in [0.4, 0.5) is 0 Å². The van der Waals surface area contributed by atoms with Crippen molar-refractivity contribution in [3.63, 3.8) is 0 Å². The molecule has 12 heteroatoms. The molecule has 0 saturated heterocycles. The van der Waals surface area contributed by atoms with Gasteiger partial charge in [0.15, 0.2) is 0 Å². The van der Waals surface area contributed by atoms with Gasteiger partial charge in [-0.15, -0.1) is 9.05 Å². The van der Waals surface area contributed by atoms with Gasteiger partial charge in [-0.05, 0) is 0 Å². The molecule has 0 aromatic heterocycles. The second kappa shape index (κ2) is 8.67. The van der Waals surface area contributed by atoms with Gasteiger partial charge in [-0.2, -0.15) is 0 Å². The molecule has 0 aliphatic carbocycles. The minimum atomic E-state index is -5.36. The van der Waals surface area contributed by atoms with Gasteiger partial charge in [0.2, 0.25) is 0 Å². The Morgan fingerprint density at radius 1 is 1.08 bits per heavy atom. The van der Waals surface area contributed by atoms with E-state index in [1.807, 2.05) is 0 Å². The fraction of sp³-hybridized carbons (Fsp3) is 0. The normalized spacial score (nSPS) is 9.83. The zero-order valence-corrected chi connectivity index (χ0v) is 11.4. The minimum Gasteiger partial charge on any atom is -0.861 e. The first-order valence-corrected chi connectivity index (χ1v) is 4.51. The van der Waals surface area contributed by atoms with E-state index in [-0.39, 0.29) is 36.8 Å². The van der Waals surface area contributed by atoms with Crippen LogP contribution in [0.15, 0.2) is 0 Å². The van der Waals surface area contributed by atoms with Crippen LogP contribution in [0.5, 0.6) is 0 Å². The predicted molar refractivity (Wildman–Crippen MR) is 24.2 cm³/mol. The van der Waals surface area contributed by atoms with Crippen molar-refractivity contribution in [3.8, 4) is 0 Å². The van der Waals surface area contributed by atoms with Crippen LogP contribution in [0.25, 0.3) is 0 Å². The van der Waals surface area contributed by atoms with Gasteiger partial charge in [-0.25, -0.2) is 0 Å². The molecule has 1 N–H and O–H groups in total. The van der Waals surface area contributed by atoms with Gasteiger partial charge in [-0.1, -0.05) is 0 Å². The third-order valence-electron chi connectivity index (χ3n) is 0. The molecule has 0 aromatic carbocycles. The van der Waals surface area contributed by atoms with Crippen LogP contribution in [-0.2, 0) is 29.9 Å². The Labute approximate surface area is 92.8 Å². The Kier molecular flexibility index (Phi) is 16.7. The number of hydrogen-bond donors (Lipinski definition) is 1. The topological polar surface area (TPSA) is 170 Å². The van der Waals surface area contributed by atoms with Crippen LogP contribution in [-0.4, -0.2) is 48.7 Å². The fourth-order valence-electron chi connectivity index (χ4n) is 0. The third-order valence-corrected chi connectivity index (χ3v) is 0. The van der Waals surface area contributed by atoms with Crippen LogP contribution in [0.3, 0.4) is 0 Å². The minimum absolute atomic E-state index is 0. The molecule has 0 aliphatic rings. The Hall–Kier alpha value is 1.08. The molecule has 0 heterocycles. The van der Waals surface area contributed by atoms with Gasteiger partial charge in [0, 0.05) is 10.4 Å². The molecule has 0 aromatic rings. The molecule has 0 spiro atoms. The summed E-state index contributed by atoms with van der Waals surface area (Å²) in [6.07, 6.45) is 0. The summed E-state index contributed by atoms with van der Waals surface area (Å²) < 4.78 is 34.1. The molecule has 8 nitrogen and oxygen atoms in total. The van der Waals surface area contributed by atoms with Gasteiger partial charge >= 0.3 is 36.8 Å². The van der Waals surface area contributed by atoms with Crippen molar-refractivity contribution in [2.24, 2.45) is 0 Å². The molecular formula is HAlO8SSiZn. The summed E-state index contributed by atoms with van der Waals surface area (Å²) in [7, 11) is -10.5. The molecule has 0 radical (unpaired) electrons. The zero-order valence-electron chi connectivity index (χ0n) is 5.50. The maximum absolute atomic E-state index is 8.69. The van der Waals surface area contributed by atoms with Crippen LogP contribution < -0.4 is 14.4 Å². The van der Waals surface area contributed by atoms with Crippen LogP contribution >= 0.6 is 0 Å². The predicted octanol–water partition coefficient (Wildman–Crippen LogP) is -6.23. The molecule has 0 unspecified atom stereocenters. The van der Waals surface area contributed by atoms with Crippen molar-refractivity contribution >= 4 is 36.8 Å². The van der Waals surface area contributed by atoms with Gasteiger partial charge in [0.1, 0.15) is 0 Å². The maximum atomic E-state index is 8.69. The Morgan fingerprint density at radius 2 is 1.08 bits per heavy atom. The largest absolute Gasteiger partial charge is 3.00 e. The Bertz CT molecular complexity index is 154. The van der Waals surface area contributed by atoms with Gasteiger partial charge in [0.05, 0.1) is 0 Å². The second-order valence-electron chi connectivity index (χ2n) is 0.932. The quantitative estimate of drug-likeness (QED) is 0.259. The average Bonchev–Trinajstić information content (AvgIpc) is 1.12. The SMILES string of the molecule is O=S(=O)([O-])[O-].[Al+3].[O-][Si]([O-])([O-])O.[Zn+2]. The van der Waals surface area contributed by atoms with Crippen molar-refractivity contribution in [2.45, 2.75) is 0 Å². The van der Waals surface area contributed by atoms with Crippen LogP contribution in [0.2, 0.25) is 0 Å². The first-order chi connectivity index (χ1) is 4.00. The fourth-order valence-corrected chi connectivity index (χ4v) is 0. The number of rotatable bonds is 0. The summed E-state index contributed by atoms with van der Waals surface area (Å²) in [6, 6.07) is 0. The van der Waals surface area contributed by atoms with Gasteiger partial charge in [-0.3, -0.25) is 8.42 Å². The summed E-state index contributed by atoms with van der Waals surface area (Å²) in [6.45, 7) is 0. The van der Waals surface area contributed by atoms with E-state index in [9.17, 15) is 0 Å². The molecule has 12 heavy (non-hydrogen) atoms. The molecule has 0 aliphatic heterocycles. The standard InChI is InChI=1S/Al.H2O4S.HO4Si.Zn/c;2*1-5(2,3)4;/h;(H2,1,2,3,4);1H;/q+3;;-3;+2/p-2. The summed E-state index contributed by atoms with van der Waals surface area (Å²) in [5.74, 6) is 0. The van der Waals surface area contributed by atoms with E-state index in [2.05, 4.69) is 0 Å². The van der Waals surface area contributed by atoms with E-state index in [1.165, 1.54) is 0 Å². The molecule has 0 rings (SSSR count). The van der Waals surface area contributed by atoms with Crippen LogP contribution in [0, 0.1) is 0 Å². The molecule has 0 bridgehead atoms. The first-order valence-electron chi connectivity index (χ1n) is 1.50. The molecular weight excluding hydrogens is 281 g/mol. The first kappa shape index (κ1) is 23.2. The summed E-state index contributed by atoms with van der Waals surface area (Å²) in [5, 5.41) is 0. The summed E-state index contributed by atoms with van der Waals surface area (Å²) >= 11 is 0.